The minimum absolute atomic E-state index is 0.0870. The van der Waals surface area contributed by atoms with Gasteiger partial charge in [-0.3, -0.25) is 4.98 Å². The Morgan fingerprint density at radius 3 is 2.95 bits per heavy atom. The van der Waals surface area contributed by atoms with Crippen molar-refractivity contribution in [3.8, 4) is 0 Å². The Morgan fingerprint density at radius 2 is 2.19 bits per heavy atom. The third-order valence-corrected chi connectivity index (χ3v) is 3.76. The molecule has 0 aliphatic carbocycles. The second kappa shape index (κ2) is 5.08. The Balaban J connectivity index is 2.06. The van der Waals surface area contributed by atoms with Gasteiger partial charge in [0.1, 0.15) is 5.82 Å². The van der Waals surface area contributed by atoms with E-state index in [9.17, 15) is 0 Å². The second-order valence-electron chi connectivity index (χ2n) is 5.19. The highest BCUT2D eigenvalue weighted by Gasteiger charge is 2.22. The minimum Gasteiger partial charge on any atom is -0.409 e. The number of aromatic nitrogens is 3. The number of hydrogen-bond acceptors (Lipinski definition) is 5. The first-order valence-corrected chi connectivity index (χ1v) is 6.81. The quantitative estimate of drug-likeness (QED) is 0.372. The van der Waals surface area contributed by atoms with Crippen molar-refractivity contribution in [2.24, 2.45) is 10.9 Å². The fourth-order valence-electron chi connectivity index (χ4n) is 2.80. The fraction of sp³-hybridized carbons (Fsp3) is 0.357. The lowest BCUT2D eigenvalue weighted by atomic mass is 10.1. The van der Waals surface area contributed by atoms with Gasteiger partial charge in [-0.25, -0.2) is 4.98 Å². The number of oxime groups is 1. The molecule has 2 aromatic rings. The van der Waals surface area contributed by atoms with Gasteiger partial charge >= 0.3 is 0 Å². The summed E-state index contributed by atoms with van der Waals surface area (Å²) in [7, 11) is 0. The molecule has 0 amide bonds. The number of anilines is 1. The Bertz CT molecular complexity index is 705. The molecule has 3 heterocycles. The Labute approximate surface area is 122 Å². The van der Waals surface area contributed by atoms with E-state index in [4.69, 9.17) is 10.9 Å². The summed E-state index contributed by atoms with van der Waals surface area (Å²) >= 11 is 0. The molecule has 0 unspecified atom stereocenters. The van der Waals surface area contributed by atoms with Gasteiger partial charge in [-0.05, 0) is 19.9 Å². The topological polar surface area (TPSA) is 92.6 Å². The van der Waals surface area contributed by atoms with Crippen molar-refractivity contribution in [2.75, 3.05) is 11.4 Å². The predicted molar refractivity (Wildman–Crippen MR) is 79.5 cm³/mol. The summed E-state index contributed by atoms with van der Waals surface area (Å²) in [4.78, 5) is 11.0. The number of amidine groups is 1. The number of rotatable bonds is 2. The maximum Gasteiger partial charge on any atom is 0.174 e. The third kappa shape index (κ3) is 2.31. The molecule has 0 radical (unpaired) electrons. The first kappa shape index (κ1) is 13.4. The number of aryl methyl sites for hydroxylation is 2. The van der Waals surface area contributed by atoms with Crippen molar-refractivity contribution in [2.45, 2.75) is 26.9 Å². The van der Waals surface area contributed by atoms with Gasteiger partial charge in [0.05, 0.1) is 23.5 Å². The van der Waals surface area contributed by atoms with Crippen molar-refractivity contribution in [3.63, 3.8) is 0 Å². The molecule has 0 atom stereocenters. The van der Waals surface area contributed by atoms with Crippen LogP contribution in [0.5, 0.6) is 0 Å². The lowest BCUT2D eigenvalue weighted by Crippen LogP contribution is -2.35. The summed E-state index contributed by atoms with van der Waals surface area (Å²) in [6.45, 7) is 6.22. The van der Waals surface area contributed by atoms with Crippen molar-refractivity contribution in [3.05, 3.63) is 41.2 Å². The maximum absolute atomic E-state index is 9.03. The molecule has 0 bridgehead atoms. The van der Waals surface area contributed by atoms with Crippen LogP contribution in [0.25, 0.3) is 0 Å². The highest BCUT2D eigenvalue weighted by atomic mass is 16.4. The summed E-state index contributed by atoms with van der Waals surface area (Å²) in [5, 5.41) is 12.2. The van der Waals surface area contributed by atoms with E-state index in [-0.39, 0.29) is 5.84 Å². The van der Waals surface area contributed by atoms with Crippen LogP contribution in [0, 0.1) is 13.8 Å². The van der Waals surface area contributed by atoms with E-state index in [1.54, 1.807) is 0 Å². The van der Waals surface area contributed by atoms with Crippen LogP contribution >= 0.6 is 0 Å². The van der Waals surface area contributed by atoms with E-state index in [0.29, 0.717) is 12.1 Å². The zero-order chi connectivity index (χ0) is 15.0. The largest absolute Gasteiger partial charge is 0.409 e. The third-order valence-electron chi connectivity index (χ3n) is 3.76. The van der Waals surface area contributed by atoms with Crippen LogP contribution in [-0.2, 0) is 13.1 Å². The van der Waals surface area contributed by atoms with Crippen LogP contribution in [0.2, 0.25) is 0 Å². The second-order valence-corrected chi connectivity index (χ2v) is 5.19. The molecule has 0 saturated heterocycles. The number of pyridine rings is 1. The monoisotopic (exact) mass is 286 g/mol. The molecule has 0 spiro atoms. The molecule has 2 aromatic heterocycles. The van der Waals surface area contributed by atoms with Crippen molar-refractivity contribution in [1.82, 2.24) is 14.5 Å². The van der Waals surface area contributed by atoms with Crippen molar-refractivity contribution in [1.29, 1.82) is 0 Å². The number of imidazole rings is 1. The van der Waals surface area contributed by atoms with E-state index in [1.807, 2.05) is 32.3 Å². The van der Waals surface area contributed by atoms with Crippen molar-refractivity contribution >= 4 is 11.5 Å². The first-order chi connectivity index (χ1) is 10.1. The van der Waals surface area contributed by atoms with Gasteiger partial charge in [0.2, 0.25) is 0 Å². The highest BCUT2D eigenvalue weighted by molar-refractivity contribution is 6.03. The summed E-state index contributed by atoms with van der Waals surface area (Å²) in [6, 6.07) is 1.97. The van der Waals surface area contributed by atoms with Gasteiger partial charge in [0.15, 0.2) is 5.84 Å². The van der Waals surface area contributed by atoms with E-state index >= 15 is 0 Å². The molecule has 110 valence electrons. The van der Waals surface area contributed by atoms with Gasteiger partial charge in [-0.2, -0.15) is 0 Å². The predicted octanol–water partition coefficient (Wildman–Crippen LogP) is 1.01. The molecule has 0 aromatic carbocycles. The summed E-state index contributed by atoms with van der Waals surface area (Å²) < 4.78 is 2.14. The molecule has 3 rings (SSSR count). The minimum atomic E-state index is 0.0870. The van der Waals surface area contributed by atoms with E-state index in [2.05, 4.69) is 24.6 Å². The molecule has 1 aliphatic rings. The first-order valence-electron chi connectivity index (χ1n) is 6.81. The van der Waals surface area contributed by atoms with E-state index < -0.39 is 0 Å². The van der Waals surface area contributed by atoms with Crippen LogP contribution in [0.4, 0.5) is 5.69 Å². The molecule has 7 heteroatoms. The number of nitrogens with zero attached hydrogens (tertiary/aromatic N) is 5. The van der Waals surface area contributed by atoms with Crippen LogP contribution in [0.1, 0.15) is 22.8 Å². The normalized spacial score (nSPS) is 15.1. The zero-order valence-electron chi connectivity index (χ0n) is 12.1. The Hall–Kier alpha value is -2.57. The number of fused-ring (bicyclic) bond motifs is 1. The van der Waals surface area contributed by atoms with Crippen LogP contribution in [0.3, 0.4) is 0 Å². The van der Waals surface area contributed by atoms with Gasteiger partial charge in [-0.1, -0.05) is 5.16 Å². The molecular formula is C14H18N6O. The number of hydrogen-bond donors (Lipinski definition) is 2. The molecule has 3 N–H and O–H groups in total. The molecule has 0 fully saturated rings. The van der Waals surface area contributed by atoms with E-state index in [0.717, 1.165) is 36.0 Å². The van der Waals surface area contributed by atoms with Crippen LogP contribution in [0.15, 0.2) is 23.6 Å². The Morgan fingerprint density at radius 1 is 1.38 bits per heavy atom. The van der Waals surface area contributed by atoms with Gasteiger partial charge < -0.3 is 20.4 Å². The average Bonchev–Trinajstić information content (AvgIpc) is 2.93. The highest BCUT2D eigenvalue weighted by Crippen LogP contribution is 2.27. The SMILES string of the molecule is Cc1cc(N2CCn3ccnc3C2)c(/C(N)=N/O)c(C)n1. The fourth-order valence-corrected chi connectivity index (χ4v) is 2.80. The zero-order valence-corrected chi connectivity index (χ0v) is 12.1. The summed E-state index contributed by atoms with van der Waals surface area (Å²) in [5.41, 5.74) is 9.12. The maximum atomic E-state index is 9.03. The van der Waals surface area contributed by atoms with Gasteiger partial charge in [0, 0.05) is 31.2 Å². The molecule has 1 aliphatic heterocycles. The molecule has 21 heavy (non-hydrogen) atoms. The standard InChI is InChI=1S/C14H18N6O/c1-9-7-11(13(10(2)17-9)14(15)18-21)20-6-5-19-4-3-16-12(19)8-20/h3-4,7,21H,5-6,8H2,1-2H3,(H2,15,18). The van der Waals surface area contributed by atoms with E-state index in [1.165, 1.54) is 0 Å². The lowest BCUT2D eigenvalue weighted by Gasteiger charge is -2.31. The Kier molecular flexibility index (Phi) is 3.25. The van der Waals surface area contributed by atoms with Gasteiger partial charge in [0.25, 0.3) is 0 Å². The number of nitrogens with two attached hydrogens (primary N) is 1. The molecule has 7 nitrogen and oxygen atoms in total. The molecule has 0 saturated carbocycles. The van der Waals surface area contributed by atoms with Crippen LogP contribution < -0.4 is 10.6 Å². The lowest BCUT2D eigenvalue weighted by molar-refractivity contribution is 0.318. The summed E-state index contributed by atoms with van der Waals surface area (Å²) in [6.07, 6.45) is 3.80. The average molecular weight is 286 g/mol. The van der Waals surface area contributed by atoms with Gasteiger partial charge in [-0.15, -0.1) is 0 Å². The summed E-state index contributed by atoms with van der Waals surface area (Å²) in [5.74, 6) is 1.10. The van der Waals surface area contributed by atoms with Crippen LogP contribution in [-0.4, -0.2) is 32.1 Å². The van der Waals surface area contributed by atoms with Crippen molar-refractivity contribution < 1.29 is 5.21 Å². The molecular weight excluding hydrogens is 268 g/mol. The smallest absolute Gasteiger partial charge is 0.174 e.